The van der Waals surface area contributed by atoms with Gasteiger partial charge in [-0.25, -0.2) is 15.0 Å². The van der Waals surface area contributed by atoms with Gasteiger partial charge >= 0.3 is 0 Å². The molecule has 1 aliphatic heterocycles. The molecule has 6 nitrogen and oxygen atoms in total. The molecule has 4 rings (SSSR count). The standard InChI is InChI=1S/C19H17N5O/c1-13-16-4-2-14(11-20)10-17(16)23-19(22-13)15-3-5-18(21-12-15)24-6-8-25-9-7-24/h2-5,10,12H,6-9H2,1H3. The van der Waals surface area contributed by atoms with Gasteiger partial charge in [0.1, 0.15) is 5.82 Å². The lowest BCUT2D eigenvalue weighted by Gasteiger charge is -2.27. The molecule has 0 bridgehead atoms. The summed E-state index contributed by atoms with van der Waals surface area (Å²) < 4.78 is 5.37. The van der Waals surface area contributed by atoms with Gasteiger partial charge in [-0.15, -0.1) is 0 Å². The van der Waals surface area contributed by atoms with E-state index in [9.17, 15) is 0 Å². The minimum atomic E-state index is 0.595. The number of morpholine rings is 1. The van der Waals surface area contributed by atoms with Crippen molar-refractivity contribution >= 4 is 16.7 Å². The van der Waals surface area contributed by atoms with Crippen molar-refractivity contribution in [3.8, 4) is 17.5 Å². The molecule has 25 heavy (non-hydrogen) atoms. The summed E-state index contributed by atoms with van der Waals surface area (Å²) >= 11 is 0. The van der Waals surface area contributed by atoms with E-state index in [1.165, 1.54) is 0 Å². The summed E-state index contributed by atoms with van der Waals surface area (Å²) in [5.74, 6) is 1.57. The van der Waals surface area contributed by atoms with E-state index in [0.717, 1.165) is 54.3 Å². The second kappa shape index (κ2) is 6.46. The van der Waals surface area contributed by atoms with Gasteiger partial charge in [0.2, 0.25) is 0 Å². The zero-order chi connectivity index (χ0) is 17.2. The van der Waals surface area contributed by atoms with Crippen molar-refractivity contribution in [3.05, 3.63) is 47.8 Å². The Kier molecular flexibility index (Phi) is 4.00. The molecule has 0 saturated carbocycles. The number of aryl methyl sites for hydroxylation is 1. The number of aromatic nitrogens is 3. The molecular weight excluding hydrogens is 314 g/mol. The number of nitriles is 1. The van der Waals surface area contributed by atoms with Crippen LogP contribution in [0.15, 0.2) is 36.5 Å². The topological polar surface area (TPSA) is 74.9 Å². The normalized spacial score (nSPS) is 14.5. The van der Waals surface area contributed by atoms with Crippen LogP contribution in [0.2, 0.25) is 0 Å². The number of fused-ring (bicyclic) bond motifs is 1. The van der Waals surface area contributed by atoms with Gasteiger partial charge in [-0.3, -0.25) is 0 Å². The molecule has 1 aliphatic rings. The third-order valence-electron chi connectivity index (χ3n) is 4.36. The number of nitrogens with zero attached hydrogens (tertiary/aromatic N) is 5. The van der Waals surface area contributed by atoms with Crippen LogP contribution in [0, 0.1) is 18.3 Å². The van der Waals surface area contributed by atoms with Crippen LogP contribution in [0.3, 0.4) is 0 Å². The SMILES string of the molecule is Cc1nc(-c2ccc(N3CCOCC3)nc2)nc2cc(C#N)ccc12. The molecule has 0 N–H and O–H groups in total. The predicted molar refractivity (Wildman–Crippen MR) is 95.3 cm³/mol. The fourth-order valence-electron chi connectivity index (χ4n) is 2.98. The maximum absolute atomic E-state index is 9.09. The molecule has 0 atom stereocenters. The molecule has 3 aromatic rings. The fraction of sp³-hybridized carbons (Fsp3) is 0.263. The van der Waals surface area contributed by atoms with Crippen LogP contribution >= 0.6 is 0 Å². The highest BCUT2D eigenvalue weighted by Gasteiger charge is 2.13. The van der Waals surface area contributed by atoms with Crippen molar-refractivity contribution in [2.75, 3.05) is 31.2 Å². The zero-order valence-corrected chi connectivity index (χ0v) is 13.9. The molecular formula is C19H17N5O. The second-order valence-electron chi connectivity index (χ2n) is 5.98. The number of anilines is 1. The highest BCUT2D eigenvalue weighted by molar-refractivity contribution is 5.83. The van der Waals surface area contributed by atoms with E-state index in [2.05, 4.69) is 25.9 Å². The molecule has 0 amide bonds. The number of benzene rings is 1. The number of pyridine rings is 1. The average molecular weight is 331 g/mol. The molecule has 0 spiro atoms. The van der Waals surface area contributed by atoms with Crippen molar-refractivity contribution in [1.82, 2.24) is 15.0 Å². The van der Waals surface area contributed by atoms with Crippen molar-refractivity contribution < 1.29 is 4.74 Å². The summed E-state index contributed by atoms with van der Waals surface area (Å²) in [7, 11) is 0. The van der Waals surface area contributed by atoms with Crippen LogP contribution in [0.5, 0.6) is 0 Å². The number of hydrogen-bond donors (Lipinski definition) is 0. The first-order chi connectivity index (χ1) is 12.2. The molecule has 124 valence electrons. The van der Waals surface area contributed by atoms with Gasteiger partial charge in [-0.2, -0.15) is 5.26 Å². The summed E-state index contributed by atoms with van der Waals surface area (Å²) in [4.78, 5) is 16.0. The first kappa shape index (κ1) is 15.5. The van der Waals surface area contributed by atoms with Gasteiger partial charge in [0.25, 0.3) is 0 Å². The maximum atomic E-state index is 9.09. The van der Waals surface area contributed by atoms with E-state index in [1.54, 1.807) is 18.3 Å². The quantitative estimate of drug-likeness (QED) is 0.719. The molecule has 0 unspecified atom stereocenters. The van der Waals surface area contributed by atoms with E-state index < -0.39 is 0 Å². The molecule has 0 aliphatic carbocycles. The Labute approximate surface area is 145 Å². The average Bonchev–Trinajstić information content (AvgIpc) is 2.68. The second-order valence-corrected chi connectivity index (χ2v) is 5.98. The molecule has 3 heterocycles. The van der Waals surface area contributed by atoms with Gasteiger partial charge in [0, 0.05) is 35.9 Å². The lowest BCUT2D eigenvalue weighted by molar-refractivity contribution is 0.122. The van der Waals surface area contributed by atoms with Crippen LogP contribution in [0.4, 0.5) is 5.82 Å². The third kappa shape index (κ3) is 3.02. The van der Waals surface area contributed by atoms with Crippen molar-refractivity contribution in [2.45, 2.75) is 6.92 Å². The summed E-state index contributed by atoms with van der Waals surface area (Å²) in [6, 6.07) is 11.6. The third-order valence-corrected chi connectivity index (χ3v) is 4.36. The Balaban J connectivity index is 1.70. The first-order valence-corrected chi connectivity index (χ1v) is 8.22. The number of rotatable bonds is 2. The molecule has 1 saturated heterocycles. The highest BCUT2D eigenvalue weighted by Crippen LogP contribution is 2.23. The van der Waals surface area contributed by atoms with E-state index in [1.807, 2.05) is 25.1 Å². The van der Waals surface area contributed by atoms with Crippen LogP contribution < -0.4 is 4.90 Å². The Hall–Kier alpha value is -3.04. The summed E-state index contributed by atoms with van der Waals surface area (Å²) in [5.41, 5.74) is 3.13. The van der Waals surface area contributed by atoms with Gasteiger partial charge in [0.15, 0.2) is 5.82 Å². The van der Waals surface area contributed by atoms with E-state index in [0.29, 0.717) is 11.4 Å². The zero-order valence-electron chi connectivity index (χ0n) is 13.9. The summed E-state index contributed by atoms with van der Waals surface area (Å²) in [5, 5.41) is 10.0. The Morgan fingerprint density at radius 1 is 1.12 bits per heavy atom. The van der Waals surface area contributed by atoms with E-state index >= 15 is 0 Å². The fourth-order valence-corrected chi connectivity index (χ4v) is 2.98. The lowest BCUT2D eigenvalue weighted by atomic mass is 10.1. The molecule has 6 heteroatoms. The molecule has 1 fully saturated rings. The first-order valence-electron chi connectivity index (χ1n) is 8.22. The summed E-state index contributed by atoms with van der Waals surface area (Å²) in [6.07, 6.45) is 1.81. The predicted octanol–water partition coefficient (Wildman–Crippen LogP) is 2.71. The smallest absolute Gasteiger partial charge is 0.161 e. The van der Waals surface area contributed by atoms with Gasteiger partial charge in [0.05, 0.1) is 30.4 Å². The Morgan fingerprint density at radius 2 is 1.96 bits per heavy atom. The van der Waals surface area contributed by atoms with Gasteiger partial charge in [-0.05, 0) is 37.3 Å². The minimum Gasteiger partial charge on any atom is -0.378 e. The minimum absolute atomic E-state index is 0.595. The maximum Gasteiger partial charge on any atom is 0.161 e. The van der Waals surface area contributed by atoms with E-state index in [4.69, 9.17) is 10.00 Å². The van der Waals surface area contributed by atoms with Crippen LogP contribution in [-0.2, 0) is 4.74 Å². The number of hydrogen-bond acceptors (Lipinski definition) is 6. The monoisotopic (exact) mass is 331 g/mol. The van der Waals surface area contributed by atoms with Crippen LogP contribution in [-0.4, -0.2) is 41.3 Å². The molecule has 1 aromatic carbocycles. The van der Waals surface area contributed by atoms with Crippen LogP contribution in [0.25, 0.3) is 22.3 Å². The summed E-state index contributed by atoms with van der Waals surface area (Å²) in [6.45, 7) is 5.13. The van der Waals surface area contributed by atoms with Crippen molar-refractivity contribution in [1.29, 1.82) is 5.26 Å². The molecule has 0 radical (unpaired) electrons. The van der Waals surface area contributed by atoms with Crippen molar-refractivity contribution in [2.24, 2.45) is 0 Å². The van der Waals surface area contributed by atoms with E-state index in [-0.39, 0.29) is 0 Å². The van der Waals surface area contributed by atoms with Crippen molar-refractivity contribution in [3.63, 3.8) is 0 Å². The Bertz CT molecular complexity index is 956. The Morgan fingerprint density at radius 3 is 2.68 bits per heavy atom. The lowest BCUT2D eigenvalue weighted by Crippen LogP contribution is -2.36. The largest absolute Gasteiger partial charge is 0.378 e. The highest BCUT2D eigenvalue weighted by atomic mass is 16.5. The number of ether oxygens (including phenoxy) is 1. The van der Waals surface area contributed by atoms with Crippen LogP contribution in [0.1, 0.15) is 11.3 Å². The van der Waals surface area contributed by atoms with Gasteiger partial charge < -0.3 is 9.64 Å². The molecule has 2 aromatic heterocycles. The van der Waals surface area contributed by atoms with Gasteiger partial charge in [-0.1, -0.05) is 0 Å².